The number of nitro groups is 1. The SMILES string of the molecule is Cc1c(C)c2c(c(C)c1O)CCC(C)(COc1ccc3nc(COc4ccc(CC(Oc5ccc([N+](=O)[O-])cc5)C(=O)O)cc4)n(C)c3c1)O2. The van der Waals surface area contributed by atoms with E-state index < -0.39 is 22.6 Å². The van der Waals surface area contributed by atoms with Crippen molar-refractivity contribution in [2.45, 2.75) is 65.3 Å². The Morgan fingerprint density at radius 3 is 2.36 bits per heavy atom. The van der Waals surface area contributed by atoms with Crippen LogP contribution in [0.5, 0.6) is 28.7 Å². The van der Waals surface area contributed by atoms with Crippen molar-refractivity contribution >= 4 is 22.7 Å². The number of aliphatic carboxylic acids is 1. The molecule has 50 heavy (non-hydrogen) atoms. The van der Waals surface area contributed by atoms with Gasteiger partial charge in [0.2, 0.25) is 0 Å². The molecule has 0 saturated carbocycles. The second-order valence-corrected chi connectivity index (χ2v) is 12.9. The van der Waals surface area contributed by atoms with E-state index in [1.807, 2.05) is 50.6 Å². The molecule has 12 heteroatoms. The van der Waals surface area contributed by atoms with Crippen LogP contribution in [0.15, 0.2) is 66.7 Å². The minimum absolute atomic E-state index is 0.0872. The van der Waals surface area contributed by atoms with E-state index in [4.69, 9.17) is 23.9 Å². The van der Waals surface area contributed by atoms with Crippen LogP contribution in [0.2, 0.25) is 0 Å². The summed E-state index contributed by atoms with van der Waals surface area (Å²) in [5, 5.41) is 31.1. The minimum Gasteiger partial charge on any atom is -0.507 e. The molecule has 260 valence electrons. The van der Waals surface area contributed by atoms with Crippen LogP contribution in [0.1, 0.15) is 47.0 Å². The molecular formula is C38H39N3O9. The van der Waals surface area contributed by atoms with Crippen LogP contribution in [0.4, 0.5) is 5.69 Å². The lowest BCUT2D eigenvalue weighted by molar-refractivity contribution is -0.384. The van der Waals surface area contributed by atoms with Gasteiger partial charge in [0.15, 0.2) is 6.10 Å². The number of rotatable bonds is 12. The zero-order chi connectivity index (χ0) is 35.7. The summed E-state index contributed by atoms with van der Waals surface area (Å²) in [6.45, 7) is 8.45. The number of carboxylic acid groups (broad SMARTS) is 1. The van der Waals surface area contributed by atoms with E-state index in [1.165, 1.54) is 24.3 Å². The summed E-state index contributed by atoms with van der Waals surface area (Å²) in [4.78, 5) is 26.9. The Morgan fingerprint density at radius 2 is 1.68 bits per heavy atom. The van der Waals surface area contributed by atoms with Gasteiger partial charge in [0.05, 0.1) is 16.0 Å². The zero-order valence-electron chi connectivity index (χ0n) is 28.6. The highest BCUT2D eigenvalue weighted by molar-refractivity contribution is 5.77. The number of nitrogens with zero attached hydrogens (tertiary/aromatic N) is 3. The smallest absolute Gasteiger partial charge is 0.345 e. The van der Waals surface area contributed by atoms with E-state index >= 15 is 0 Å². The predicted molar refractivity (Wildman–Crippen MR) is 186 cm³/mol. The normalized spacial score (nSPS) is 15.9. The number of nitro benzene ring substituents is 1. The first-order valence-corrected chi connectivity index (χ1v) is 16.3. The highest BCUT2D eigenvalue weighted by Crippen LogP contribution is 2.43. The molecule has 0 saturated heterocycles. The molecule has 0 radical (unpaired) electrons. The van der Waals surface area contributed by atoms with Crippen LogP contribution >= 0.6 is 0 Å². The van der Waals surface area contributed by atoms with Gasteiger partial charge in [-0.1, -0.05) is 12.1 Å². The first-order chi connectivity index (χ1) is 23.8. The average molecular weight is 682 g/mol. The van der Waals surface area contributed by atoms with Crippen molar-refractivity contribution in [3.63, 3.8) is 0 Å². The van der Waals surface area contributed by atoms with Crippen LogP contribution in [0.3, 0.4) is 0 Å². The molecule has 2 atom stereocenters. The number of hydrogen-bond donors (Lipinski definition) is 2. The van der Waals surface area contributed by atoms with Gasteiger partial charge in [0.25, 0.3) is 5.69 Å². The highest BCUT2D eigenvalue weighted by atomic mass is 16.6. The van der Waals surface area contributed by atoms with Gasteiger partial charge in [-0.05, 0) is 99.2 Å². The van der Waals surface area contributed by atoms with Gasteiger partial charge in [-0.2, -0.15) is 0 Å². The van der Waals surface area contributed by atoms with Crippen LogP contribution in [-0.4, -0.2) is 49.0 Å². The molecule has 1 aliphatic heterocycles. The average Bonchev–Trinajstić information content (AvgIpc) is 3.42. The molecule has 2 heterocycles. The number of ether oxygens (including phenoxy) is 4. The third-order valence-electron chi connectivity index (χ3n) is 9.40. The monoisotopic (exact) mass is 681 g/mol. The summed E-state index contributed by atoms with van der Waals surface area (Å²) in [6, 6.07) is 18.1. The van der Waals surface area contributed by atoms with Gasteiger partial charge in [0, 0.05) is 37.2 Å². The van der Waals surface area contributed by atoms with E-state index in [9.17, 15) is 25.1 Å². The molecule has 1 aliphatic rings. The Bertz CT molecular complexity index is 2070. The minimum atomic E-state index is -1.18. The Morgan fingerprint density at radius 1 is 1.00 bits per heavy atom. The number of non-ortho nitro benzene ring substituents is 1. The fourth-order valence-electron chi connectivity index (χ4n) is 6.14. The summed E-state index contributed by atoms with van der Waals surface area (Å²) in [5.41, 5.74) is 5.50. The second-order valence-electron chi connectivity index (χ2n) is 12.9. The second kappa shape index (κ2) is 13.6. The lowest BCUT2D eigenvalue weighted by atomic mass is 9.87. The van der Waals surface area contributed by atoms with Gasteiger partial charge >= 0.3 is 5.97 Å². The molecule has 5 aromatic rings. The summed E-state index contributed by atoms with van der Waals surface area (Å²) >= 11 is 0. The number of carboxylic acids is 1. The number of phenolic OH excluding ortho intramolecular Hbond substituents is 1. The largest absolute Gasteiger partial charge is 0.507 e. The van der Waals surface area contributed by atoms with Crippen molar-refractivity contribution in [1.29, 1.82) is 0 Å². The van der Waals surface area contributed by atoms with Crippen molar-refractivity contribution in [1.82, 2.24) is 9.55 Å². The van der Waals surface area contributed by atoms with Crippen LogP contribution in [0, 0.1) is 30.9 Å². The molecular weight excluding hydrogens is 642 g/mol. The number of hydrogen-bond acceptors (Lipinski definition) is 9. The number of benzene rings is 4. The number of aromatic nitrogens is 2. The van der Waals surface area contributed by atoms with Gasteiger partial charge in [-0.25, -0.2) is 9.78 Å². The molecule has 0 fully saturated rings. The Hall–Kier alpha value is -5.78. The molecule has 4 aromatic carbocycles. The molecule has 0 spiro atoms. The third kappa shape index (κ3) is 7.00. The van der Waals surface area contributed by atoms with Crippen molar-refractivity contribution in [2.75, 3.05) is 6.61 Å². The maximum Gasteiger partial charge on any atom is 0.345 e. The summed E-state index contributed by atoms with van der Waals surface area (Å²) < 4.78 is 26.4. The Kier molecular flexibility index (Phi) is 9.29. The fourth-order valence-corrected chi connectivity index (χ4v) is 6.14. The predicted octanol–water partition coefficient (Wildman–Crippen LogP) is 6.93. The van der Waals surface area contributed by atoms with E-state index in [0.717, 1.165) is 57.4 Å². The van der Waals surface area contributed by atoms with Crippen molar-refractivity contribution in [3.8, 4) is 28.7 Å². The first-order valence-electron chi connectivity index (χ1n) is 16.3. The van der Waals surface area contributed by atoms with Crippen molar-refractivity contribution in [2.24, 2.45) is 7.05 Å². The maximum absolute atomic E-state index is 11.9. The summed E-state index contributed by atoms with van der Waals surface area (Å²) in [7, 11) is 1.92. The van der Waals surface area contributed by atoms with E-state index in [1.54, 1.807) is 24.3 Å². The Labute approximate surface area is 289 Å². The zero-order valence-corrected chi connectivity index (χ0v) is 28.6. The van der Waals surface area contributed by atoms with Gasteiger partial charge in [-0.15, -0.1) is 0 Å². The molecule has 0 bridgehead atoms. The molecule has 0 aliphatic carbocycles. The molecule has 0 amide bonds. The van der Waals surface area contributed by atoms with Crippen molar-refractivity contribution in [3.05, 3.63) is 110 Å². The Balaban J connectivity index is 1.06. The molecule has 2 N–H and O–H groups in total. The molecule has 6 rings (SSSR count). The third-order valence-corrected chi connectivity index (χ3v) is 9.40. The molecule has 2 unspecified atom stereocenters. The number of carbonyl (C=O) groups is 1. The number of phenols is 1. The maximum atomic E-state index is 11.9. The molecule has 12 nitrogen and oxygen atoms in total. The van der Waals surface area contributed by atoms with Crippen LogP contribution in [-0.2, 0) is 31.3 Å². The van der Waals surface area contributed by atoms with Gasteiger partial charge in [-0.3, -0.25) is 10.1 Å². The lowest BCUT2D eigenvalue weighted by Crippen LogP contribution is -2.42. The van der Waals surface area contributed by atoms with E-state index in [0.29, 0.717) is 29.7 Å². The topological polar surface area (TPSA) is 155 Å². The van der Waals surface area contributed by atoms with Crippen LogP contribution in [0.25, 0.3) is 11.0 Å². The highest BCUT2D eigenvalue weighted by Gasteiger charge is 2.35. The van der Waals surface area contributed by atoms with Gasteiger partial charge in [0.1, 0.15) is 53.4 Å². The standard InChI is InChI=1S/C38H39N3O9/c1-22-23(2)36-30(24(3)35(22)42)16-17-38(4,50-36)21-48-29-14-15-31-32(19-29)40(5)34(39-31)20-47-27-10-6-25(7-11-27)18-33(37(43)44)49-28-12-8-26(9-13-28)41(45)46/h6-15,19,33,42H,16-18,20-21H2,1-5H3,(H,43,44). The number of fused-ring (bicyclic) bond motifs is 2. The summed E-state index contributed by atoms with van der Waals surface area (Å²) in [5.74, 6) is 2.27. The quantitative estimate of drug-likeness (QED) is 0.105. The number of imidazole rings is 1. The first kappa shape index (κ1) is 34.1. The number of aromatic hydroxyl groups is 1. The van der Waals surface area contributed by atoms with Crippen molar-refractivity contribution < 1.29 is 38.9 Å². The lowest BCUT2D eigenvalue weighted by Gasteiger charge is -2.37. The summed E-state index contributed by atoms with van der Waals surface area (Å²) in [6.07, 6.45) is 0.462. The fraction of sp³-hybridized carbons (Fsp3) is 0.316. The number of aryl methyl sites for hydroxylation is 1. The molecule has 1 aromatic heterocycles. The van der Waals surface area contributed by atoms with Crippen LogP contribution < -0.4 is 18.9 Å². The van der Waals surface area contributed by atoms with E-state index in [2.05, 4.69) is 6.92 Å². The van der Waals surface area contributed by atoms with Gasteiger partial charge < -0.3 is 33.7 Å². The van der Waals surface area contributed by atoms with E-state index in [-0.39, 0.29) is 24.5 Å².